The summed E-state index contributed by atoms with van der Waals surface area (Å²) in [4.78, 5) is 29.3. The molecule has 1 aliphatic rings. The highest BCUT2D eigenvalue weighted by Gasteiger charge is 2.33. The lowest BCUT2D eigenvalue weighted by atomic mass is 10.2. The minimum absolute atomic E-state index is 0.0859. The third-order valence-corrected chi connectivity index (χ3v) is 4.32. The minimum Gasteiger partial charge on any atom is -0.444 e. The molecule has 1 aromatic carbocycles. The molecule has 1 atom stereocenters. The van der Waals surface area contributed by atoms with E-state index in [1.165, 1.54) is 46.8 Å². The summed E-state index contributed by atoms with van der Waals surface area (Å²) >= 11 is 0. The highest BCUT2D eigenvalue weighted by atomic mass is 19.4. The van der Waals surface area contributed by atoms with E-state index in [-0.39, 0.29) is 25.0 Å². The number of carbonyl (C=O) groups excluding carboxylic acids is 1. The van der Waals surface area contributed by atoms with Gasteiger partial charge in [0.15, 0.2) is 0 Å². The Morgan fingerprint density at radius 1 is 1.34 bits per heavy atom. The molecule has 0 saturated heterocycles. The fourth-order valence-corrected chi connectivity index (χ4v) is 2.78. The molecule has 0 fully saturated rings. The van der Waals surface area contributed by atoms with E-state index in [1.54, 1.807) is 0 Å². The molecular weight excluding hydrogens is 399 g/mol. The summed E-state index contributed by atoms with van der Waals surface area (Å²) < 4.78 is 47.4. The Hall–Kier alpha value is -3.51. The van der Waals surface area contributed by atoms with Crippen LogP contribution in [0.4, 0.5) is 29.5 Å². The van der Waals surface area contributed by atoms with Gasteiger partial charge in [0.05, 0.1) is 12.6 Å². The second kappa shape index (κ2) is 7.48. The van der Waals surface area contributed by atoms with Gasteiger partial charge in [-0.25, -0.2) is 4.79 Å². The monoisotopic (exact) mass is 415 g/mol. The summed E-state index contributed by atoms with van der Waals surface area (Å²) in [5.41, 5.74) is 0.354. The molecule has 2 aromatic rings. The zero-order valence-electron chi connectivity index (χ0n) is 15.3. The Balaban J connectivity index is 1.67. The maximum Gasteiger partial charge on any atom is 0.573 e. The van der Waals surface area contributed by atoms with Gasteiger partial charge in [-0.2, -0.15) is 0 Å². The van der Waals surface area contributed by atoms with E-state index >= 15 is 0 Å². The average molecular weight is 415 g/mol. The lowest BCUT2D eigenvalue weighted by molar-refractivity contribution is -0.389. The van der Waals surface area contributed by atoms with E-state index in [0.29, 0.717) is 5.69 Å². The summed E-state index contributed by atoms with van der Waals surface area (Å²) in [5, 5.41) is 10.8. The molecule has 29 heavy (non-hydrogen) atoms. The molecule has 3 rings (SSSR count). The summed E-state index contributed by atoms with van der Waals surface area (Å²) in [6.45, 7) is 0.327. The zero-order valence-corrected chi connectivity index (χ0v) is 15.3. The molecule has 0 N–H and O–H groups in total. The van der Waals surface area contributed by atoms with Crippen LogP contribution in [0.15, 0.2) is 30.5 Å². The quantitative estimate of drug-likeness (QED) is 0.562. The van der Waals surface area contributed by atoms with Gasteiger partial charge in [0, 0.05) is 24.8 Å². The van der Waals surface area contributed by atoms with Gasteiger partial charge in [-0.1, -0.05) is 0 Å². The lowest BCUT2D eigenvalue weighted by Gasteiger charge is -2.33. The molecule has 0 spiro atoms. The molecule has 0 saturated carbocycles. The number of fused-ring (bicyclic) bond motifs is 1. The number of urea groups is 1. The van der Waals surface area contributed by atoms with Gasteiger partial charge in [0.1, 0.15) is 18.6 Å². The van der Waals surface area contributed by atoms with E-state index in [9.17, 15) is 28.1 Å². The molecule has 1 aromatic heterocycles. The number of nitro groups is 1. The summed E-state index contributed by atoms with van der Waals surface area (Å²) in [5.74, 6) is -0.752. The first-order valence-electron chi connectivity index (χ1n) is 8.26. The molecule has 0 aliphatic carbocycles. The molecular formula is C16H16F3N5O5. The van der Waals surface area contributed by atoms with Gasteiger partial charge in [0.2, 0.25) is 0 Å². The van der Waals surface area contributed by atoms with Gasteiger partial charge in [0.25, 0.3) is 0 Å². The molecule has 156 valence electrons. The number of hydrogen-bond acceptors (Lipinski definition) is 6. The van der Waals surface area contributed by atoms with E-state index in [1.807, 2.05) is 0 Å². The number of ether oxygens (including phenoxy) is 2. The van der Waals surface area contributed by atoms with E-state index in [0.717, 1.165) is 12.1 Å². The standard InChI is InChI=1S/C16H16F3N5O5/c1-21(10-3-5-12(6-4-10)29-16(17,18)19)15(25)22(2)11-7-23-8-13(24(26)27)20-14(23)28-9-11/h3-6,8,11H,7,9H2,1-2H3/t11-/m0/s1. The number of imidazole rings is 1. The Kier molecular flexibility index (Phi) is 5.22. The SMILES string of the molecule is CN(C(=O)N(C)[C@@H]1COc2nc([N+](=O)[O-])cn2C1)c1ccc(OC(F)(F)F)cc1. The van der Waals surface area contributed by atoms with Crippen LogP contribution in [0.5, 0.6) is 11.8 Å². The van der Waals surface area contributed by atoms with Crippen molar-refractivity contribution in [2.75, 3.05) is 25.6 Å². The molecule has 0 unspecified atom stereocenters. The summed E-state index contributed by atoms with van der Waals surface area (Å²) in [7, 11) is 3.00. The van der Waals surface area contributed by atoms with Crippen molar-refractivity contribution in [2.24, 2.45) is 0 Å². The maximum atomic E-state index is 12.7. The smallest absolute Gasteiger partial charge is 0.444 e. The molecule has 13 heteroatoms. The van der Waals surface area contributed by atoms with Crippen LogP contribution < -0.4 is 14.4 Å². The third kappa shape index (κ3) is 4.50. The van der Waals surface area contributed by atoms with Gasteiger partial charge < -0.3 is 24.5 Å². The van der Waals surface area contributed by atoms with Crippen molar-refractivity contribution in [3.8, 4) is 11.8 Å². The number of benzene rings is 1. The first kappa shape index (κ1) is 20.2. The van der Waals surface area contributed by atoms with Crippen molar-refractivity contribution in [3.05, 3.63) is 40.6 Å². The number of likely N-dealkylation sites (N-methyl/N-ethyl adjacent to an activating group) is 1. The number of hydrogen-bond donors (Lipinski definition) is 0. The van der Waals surface area contributed by atoms with Crippen LogP contribution in [0, 0.1) is 10.1 Å². The van der Waals surface area contributed by atoms with E-state index < -0.39 is 29.1 Å². The van der Waals surface area contributed by atoms with Crippen molar-refractivity contribution < 1.29 is 32.4 Å². The Morgan fingerprint density at radius 2 is 2.00 bits per heavy atom. The summed E-state index contributed by atoms with van der Waals surface area (Å²) in [6.07, 6.45) is -3.57. The highest BCUT2D eigenvalue weighted by Crippen LogP contribution is 2.26. The van der Waals surface area contributed by atoms with Crippen molar-refractivity contribution in [1.29, 1.82) is 0 Å². The summed E-state index contributed by atoms with van der Waals surface area (Å²) in [6, 6.07) is 4.08. The van der Waals surface area contributed by atoms with Crippen molar-refractivity contribution in [3.63, 3.8) is 0 Å². The van der Waals surface area contributed by atoms with Crippen molar-refractivity contribution in [2.45, 2.75) is 18.9 Å². The lowest BCUT2D eigenvalue weighted by Crippen LogP contribution is -2.50. The number of carbonyl (C=O) groups is 1. The van der Waals surface area contributed by atoms with E-state index in [2.05, 4.69) is 9.72 Å². The van der Waals surface area contributed by atoms with Gasteiger partial charge in [-0.15, -0.1) is 13.2 Å². The van der Waals surface area contributed by atoms with Crippen molar-refractivity contribution >= 4 is 17.5 Å². The van der Waals surface area contributed by atoms with Crippen LogP contribution in [0.1, 0.15) is 0 Å². The fraction of sp³-hybridized carbons (Fsp3) is 0.375. The number of halogens is 3. The molecule has 2 amide bonds. The Morgan fingerprint density at radius 3 is 2.59 bits per heavy atom. The molecule has 1 aliphatic heterocycles. The number of alkyl halides is 3. The predicted molar refractivity (Wildman–Crippen MR) is 92.9 cm³/mol. The number of anilines is 1. The largest absolute Gasteiger partial charge is 0.573 e. The average Bonchev–Trinajstić information content (AvgIpc) is 3.09. The van der Waals surface area contributed by atoms with Crippen LogP contribution in [-0.2, 0) is 6.54 Å². The third-order valence-electron chi connectivity index (χ3n) is 4.32. The molecule has 0 bridgehead atoms. The second-order valence-corrected chi connectivity index (χ2v) is 6.25. The fourth-order valence-electron chi connectivity index (χ4n) is 2.78. The Labute approximate surface area is 162 Å². The normalized spacial score (nSPS) is 15.8. The number of nitrogens with zero attached hydrogens (tertiary/aromatic N) is 5. The maximum absolute atomic E-state index is 12.7. The number of rotatable bonds is 4. The van der Waals surface area contributed by atoms with Gasteiger partial charge >= 0.3 is 24.2 Å². The first-order valence-corrected chi connectivity index (χ1v) is 8.26. The van der Waals surface area contributed by atoms with Crippen LogP contribution >= 0.6 is 0 Å². The van der Waals surface area contributed by atoms with Crippen LogP contribution in [0.25, 0.3) is 0 Å². The minimum atomic E-state index is -4.80. The van der Waals surface area contributed by atoms with Crippen LogP contribution in [0.2, 0.25) is 0 Å². The zero-order chi connectivity index (χ0) is 21.3. The first-order chi connectivity index (χ1) is 13.5. The highest BCUT2D eigenvalue weighted by molar-refractivity contribution is 5.91. The number of amides is 2. The van der Waals surface area contributed by atoms with Crippen LogP contribution in [-0.4, -0.2) is 58.5 Å². The molecule has 0 radical (unpaired) electrons. The van der Waals surface area contributed by atoms with E-state index in [4.69, 9.17) is 4.74 Å². The Bertz CT molecular complexity index is 915. The number of aromatic nitrogens is 2. The van der Waals surface area contributed by atoms with Crippen LogP contribution in [0.3, 0.4) is 0 Å². The predicted octanol–water partition coefficient (Wildman–Crippen LogP) is 2.64. The van der Waals surface area contributed by atoms with Crippen molar-refractivity contribution in [1.82, 2.24) is 14.5 Å². The molecule has 2 heterocycles. The topological polar surface area (TPSA) is 103 Å². The second-order valence-electron chi connectivity index (χ2n) is 6.25. The van der Waals surface area contributed by atoms with Gasteiger partial charge in [-0.05, 0) is 29.2 Å². The van der Waals surface area contributed by atoms with Gasteiger partial charge in [-0.3, -0.25) is 9.47 Å². The molecule has 10 nitrogen and oxygen atoms in total.